The Balaban J connectivity index is 1.49. The van der Waals surface area contributed by atoms with E-state index in [0.29, 0.717) is 23.9 Å². The Morgan fingerprint density at radius 1 is 1.20 bits per heavy atom. The molecule has 1 fully saturated rings. The lowest BCUT2D eigenvalue weighted by Crippen LogP contribution is -2.42. The first kappa shape index (κ1) is 25.4. The third-order valence-electron chi connectivity index (χ3n) is 6.34. The molecule has 0 bridgehead atoms. The van der Waals surface area contributed by atoms with Gasteiger partial charge in [0, 0.05) is 5.56 Å². The third kappa shape index (κ3) is 5.28. The highest BCUT2D eigenvalue weighted by Gasteiger charge is 2.36. The number of nitrogens with one attached hydrogen (secondary N) is 1. The number of hydrogen-bond acceptors (Lipinski definition) is 6. The lowest BCUT2D eigenvalue weighted by Gasteiger charge is -2.38. The van der Waals surface area contributed by atoms with Crippen molar-refractivity contribution in [3.05, 3.63) is 68.0 Å². The summed E-state index contributed by atoms with van der Waals surface area (Å²) in [7, 11) is 0. The zero-order valence-corrected chi connectivity index (χ0v) is 22.7. The Morgan fingerprint density at radius 2 is 1.97 bits per heavy atom. The van der Waals surface area contributed by atoms with Crippen LogP contribution in [-0.2, 0) is 11.2 Å². The molecule has 35 heavy (non-hydrogen) atoms. The zero-order chi connectivity index (χ0) is 25.3. The fraction of sp³-hybridized carbons (Fsp3) is 0.333. The first-order valence-electron chi connectivity index (χ1n) is 11.3. The molecule has 8 heteroatoms. The van der Waals surface area contributed by atoms with Crippen LogP contribution in [0.3, 0.4) is 0 Å². The van der Waals surface area contributed by atoms with Crippen molar-refractivity contribution in [3.63, 3.8) is 0 Å². The average Bonchev–Trinajstić information content (AvgIpc) is 3.13. The highest BCUT2D eigenvalue weighted by Crippen LogP contribution is 2.44. The number of benzene rings is 2. The van der Waals surface area contributed by atoms with Gasteiger partial charge in [0.1, 0.15) is 36.1 Å². The molecule has 1 unspecified atom stereocenters. The number of thioether (sulfide) groups is 1. The van der Waals surface area contributed by atoms with Gasteiger partial charge >= 0.3 is 0 Å². The van der Waals surface area contributed by atoms with Gasteiger partial charge in [-0.15, -0.1) is 0 Å². The van der Waals surface area contributed by atoms with Crippen LogP contribution in [0.1, 0.15) is 41.2 Å². The van der Waals surface area contributed by atoms with E-state index < -0.39 is 5.60 Å². The molecule has 0 aliphatic carbocycles. The number of imide groups is 1. The molecule has 184 valence electrons. The second kappa shape index (κ2) is 10.1. The van der Waals surface area contributed by atoms with Crippen LogP contribution < -0.4 is 19.5 Å². The van der Waals surface area contributed by atoms with E-state index in [2.05, 4.69) is 55.5 Å². The minimum Gasteiger partial charge on any atom is -0.489 e. The number of amides is 2. The van der Waals surface area contributed by atoms with Crippen LogP contribution in [-0.4, -0.2) is 30.0 Å². The Kier molecular flexibility index (Phi) is 7.33. The van der Waals surface area contributed by atoms with Gasteiger partial charge in [-0.3, -0.25) is 14.9 Å². The molecule has 0 saturated carbocycles. The third-order valence-corrected chi connectivity index (χ3v) is 7.77. The van der Waals surface area contributed by atoms with Crippen LogP contribution in [0.25, 0.3) is 6.08 Å². The minimum absolute atomic E-state index is 0.358. The number of carbonyl (C=O) groups is 2. The van der Waals surface area contributed by atoms with Crippen LogP contribution >= 0.6 is 27.7 Å². The molecule has 2 aromatic carbocycles. The highest BCUT2D eigenvalue weighted by molar-refractivity contribution is 9.10. The molecule has 0 spiro atoms. The van der Waals surface area contributed by atoms with E-state index in [4.69, 9.17) is 14.2 Å². The number of halogens is 1. The van der Waals surface area contributed by atoms with Crippen LogP contribution in [0.15, 0.2) is 40.2 Å². The molecule has 2 aromatic rings. The van der Waals surface area contributed by atoms with Crippen molar-refractivity contribution in [2.75, 3.05) is 13.2 Å². The van der Waals surface area contributed by atoms with Crippen molar-refractivity contribution >= 4 is 44.9 Å². The predicted octanol–water partition coefficient (Wildman–Crippen LogP) is 6.43. The molecule has 6 nitrogen and oxygen atoms in total. The number of fused-ring (bicyclic) bond motifs is 1. The van der Waals surface area contributed by atoms with Gasteiger partial charge in [-0.05, 0) is 109 Å². The zero-order valence-electron chi connectivity index (χ0n) is 20.2. The molecule has 1 atom stereocenters. The van der Waals surface area contributed by atoms with Crippen molar-refractivity contribution in [1.29, 1.82) is 0 Å². The van der Waals surface area contributed by atoms with E-state index in [0.717, 1.165) is 62.8 Å². The summed E-state index contributed by atoms with van der Waals surface area (Å²) in [6.45, 7) is 12.9. The van der Waals surface area contributed by atoms with E-state index in [1.807, 2.05) is 18.2 Å². The number of rotatable bonds is 7. The van der Waals surface area contributed by atoms with Crippen LogP contribution in [0.2, 0.25) is 0 Å². The Hall–Kier alpha value is -2.71. The van der Waals surface area contributed by atoms with Gasteiger partial charge in [-0.1, -0.05) is 18.7 Å². The maximum Gasteiger partial charge on any atom is 0.290 e. The normalized spacial score (nSPS) is 20.3. The Morgan fingerprint density at radius 3 is 2.63 bits per heavy atom. The summed E-state index contributed by atoms with van der Waals surface area (Å²) in [5.74, 6) is 2.14. The fourth-order valence-corrected chi connectivity index (χ4v) is 5.46. The smallest absolute Gasteiger partial charge is 0.290 e. The number of hydrogen-bond donors (Lipinski definition) is 1. The molecule has 2 heterocycles. The van der Waals surface area contributed by atoms with Gasteiger partial charge in [0.2, 0.25) is 0 Å². The second-order valence-corrected chi connectivity index (χ2v) is 10.9. The van der Waals surface area contributed by atoms with Gasteiger partial charge < -0.3 is 14.2 Å². The van der Waals surface area contributed by atoms with Crippen molar-refractivity contribution in [3.8, 4) is 17.2 Å². The molecule has 2 amide bonds. The summed E-state index contributed by atoms with van der Waals surface area (Å²) in [5, 5.41) is 1.90. The van der Waals surface area contributed by atoms with Gasteiger partial charge in [0.15, 0.2) is 0 Å². The molecule has 1 saturated heterocycles. The highest BCUT2D eigenvalue weighted by atomic mass is 79.9. The van der Waals surface area contributed by atoms with E-state index in [1.165, 1.54) is 5.56 Å². The van der Waals surface area contributed by atoms with Gasteiger partial charge in [-0.2, -0.15) is 0 Å². The summed E-state index contributed by atoms with van der Waals surface area (Å²) in [5.41, 5.74) is 4.78. The molecular formula is C27H28BrNO5S. The molecule has 2 aliphatic rings. The summed E-state index contributed by atoms with van der Waals surface area (Å²) in [6.07, 6.45) is 5.12. The largest absolute Gasteiger partial charge is 0.489 e. The first-order chi connectivity index (χ1) is 16.6. The van der Waals surface area contributed by atoms with Gasteiger partial charge in [-0.25, -0.2) is 0 Å². The predicted molar refractivity (Wildman–Crippen MR) is 142 cm³/mol. The molecular weight excluding hydrogens is 530 g/mol. The minimum atomic E-state index is -0.487. The van der Waals surface area contributed by atoms with E-state index in [9.17, 15) is 9.59 Å². The Bertz CT molecular complexity index is 1250. The van der Waals surface area contributed by atoms with Crippen molar-refractivity contribution in [1.82, 2.24) is 5.32 Å². The quantitative estimate of drug-likeness (QED) is 0.312. The van der Waals surface area contributed by atoms with Gasteiger partial charge in [0.25, 0.3) is 11.1 Å². The lowest BCUT2D eigenvalue weighted by molar-refractivity contribution is -0.115. The topological polar surface area (TPSA) is 73.9 Å². The first-order valence-corrected chi connectivity index (χ1v) is 13.0. The van der Waals surface area contributed by atoms with E-state index >= 15 is 0 Å². The lowest BCUT2D eigenvalue weighted by atomic mass is 9.87. The van der Waals surface area contributed by atoms with Crippen molar-refractivity contribution in [2.24, 2.45) is 0 Å². The molecule has 4 rings (SSSR count). The average molecular weight is 558 g/mol. The standard InChI is InChI=1S/C27H28BrNO5S/c1-6-11-32-23-15(2)16(3)24-19(17(23)4)9-10-27(5,34-24)14-33-21-8-7-18(12-20(21)28)13-22-25(30)29-26(31)35-22/h6-8,12-13H,1,9-11,14H2,2-5H3,(H,29,30,31)/b22-13-. The van der Waals surface area contributed by atoms with Crippen LogP contribution in [0.4, 0.5) is 4.79 Å². The summed E-state index contributed by atoms with van der Waals surface area (Å²) < 4.78 is 19.4. The maximum absolute atomic E-state index is 11.8. The second-order valence-electron chi connectivity index (χ2n) is 8.99. The maximum atomic E-state index is 11.8. The fourth-order valence-electron chi connectivity index (χ4n) is 4.27. The van der Waals surface area contributed by atoms with Crippen molar-refractivity contribution < 1.29 is 23.8 Å². The summed E-state index contributed by atoms with van der Waals surface area (Å²) in [4.78, 5) is 23.5. The number of ether oxygens (including phenoxy) is 3. The van der Waals surface area contributed by atoms with Crippen LogP contribution in [0, 0.1) is 20.8 Å². The molecule has 0 radical (unpaired) electrons. The SMILES string of the molecule is C=CCOc1c(C)c(C)c2c(c1C)CCC(C)(COc1ccc(/C=C3\SC(=O)NC3=O)cc1Br)O2. The summed E-state index contributed by atoms with van der Waals surface area (Å²) in [6, 6.07) is 5.56. The van der Waals surface area contributed by atoms with Crippen LogP contribution in [0.5, 0.6) is 17.2 Å². The Labute approximate surface area is 218 Å². The molecule has 0 aromatic heterocycles. The number of carbonyl (C=O) groups excluding carboxylic acids is 2. The van der Waals surface area contributed by atoms with E-state index in [1.54, 1.807) is 12.2 Å². The van der Waals surface area contributed by atoms with E-state index in [-0.39, 0.29) is 11.1 Å². The molecule has 1 N–H and O–H groups in total. The van der Waals surface area contributed by atoms with Gasteiger partial charge in [0.05, 0.1) is 9.38 Å². The molecule has 2 aliphatic heterocycles. The monoisotopic (exact) mass is 557 g/mol. The van der Waals surface area contributed by atoms with Crippen molar-refractivity contribution in [2.45, 2.75) is 46.1 Å². The summed E-state index contributed by atoms with van der Waals surface area (Å²) >= 11 is 4.46.